The average Bonchev–Trinajstić information content (AvgIpc) is 3.33. The molecule has 4 rings (SSSR count). The molecule has 9 nitrogen and oxygen atoms in total. The molecule has 0 aromatic carbocycles. The van der Waals surface area contributed by atoms with E-state index in [-0.39, 0.29) is 23.9 Å². The van der Waals surface area contributed by atoms with Crippen molar-refractivity contribution in [2.45, 2.75) is 51.2 Å². The van der Waals surface area contributed by atoms with Crippen LogP contribution < -0.4 is 0 Å². The number of fused-ring (bicyclic) bond motifs is 1. The van der Waals surface area contributed by atoms with Crippen molar-refractivity contribution in [3.63, 3.8) is 0 Å². The molecule has 0 unspecified atom stereocenters. The predicted octanol–water partition coefficient (Wildman–Crippen LogP) is 0.539. The second-order valence-electron chi connectivity index (χ2n) is 7.64. The fraction of sp³-hybridized carbons (Fsp3) is 0.579. The van der Waals surface area contributed by atoms with E-state index in [4.69, 9.17) is 0 Å². The molecule has 2 aliphatic heterocycles. The smallest absolute Gasteiger partial charge is 0.222 e. The van der Waals surface area contributed by atoms with Crippen LogP contribution in [0, 0.1) is 5.92 Å². The SMILES string of the molecule is CC(=O)N1[C@H](Cn2cncn2)C[C@@H]2CN(C(=O)CCc3cncnc3)CC[C@@H]21. The molecule has 0 N–H and O–H groups in total. The highest BCUT2D eigenvalue weighted by Crippen LogP contribution is 2.36. The molecular formula is C19H25N7O2. The molecule has 0 aliphatic carbocycles. The van der Waals surface area contributed by atoms with Gasteiger partial charge < -0.3 is 9.80 Å². The summed E-state index contributed by atoms with van der Waals surface area (Å²) in [6, 6.07) is 0.309. The summed E-state index contributed by atoms with van der Waals surface area (Å²) in [4.78, 5) is 41.0. The molecule has 4 heterocycles. The molecule has 28 heavy (non-hydrogen) atoms. The summed E-state index contributed by atoms with van der Waals surface area (Å²) in [7, 11) is 0. The molecule has 2 amide bonds. The topological polar surface area (TPSA) is 97.1 Å². The van der Waals surface area contributed by atoms with Crippen molar-refractivity contribution in [1.82, 2.24) is 34.5 Å². The predicted molar refractivity (Wildman–Crippen MR) is 99.8 cm³/mol. The zero-order valence-corrected chi connectivity index (χ0v) is 16.0. The van der Waals surface area contributed by atoms with Gasteiger partial charge in [0, 0.05) is 44.9 Å². The van der Waals surface area contributed by atoms with E-state index in [9.17, 15) is 9.59 Å². The van der Waals surface area contributed by atoms with Crippen LogP contribution >= 0.6 is 0 Å². The van der Waals surface area contributed by atoms with Crippen LogP contribution in [0.4, 0.5) is 0 Å². The normalized spacial score (nSPS) is 24.2. The Kier molecular flexibility index (Phi) is 5.31. The molecule has 3 atom stereocenters. The molecule has 148 valence electrons. The standard InChI is InChI=1S/C19H25N7O2/c1-14(27)26-17(10-25-13-22-12-23-25)6-16-9-24(5-4-18(16)26)19(28)3-2-15-7-20-11-21-8-15/h7-8,11-13,16-18H,2-6,9-10H2,1H3/t16-,17+,18+/m1/s1. The van der Waals surface area contributed by atoms with E-state index in [2.05, 4.69) is 20.1 Å². The largest absolute Gasteiger partial charge is 0.342 e. The fourth-order valence-electron chi connectivity index (χ4n) is 4.64. The van der Waals surface area contributed by atoms with Crippen molar-refractivity contribution in [3.8, 4) is 0 Å². The van der Waals surface area contributed by atoms with Crippen LogP contribution in [0.2, 0.25) is 0 Å². The minimum atomic E-state index is 0.0986. The van der Waals surface area contributed by atoms with Gasteiger partial charge in [-0.05, 0) is 30.7 Å². The summed E-state index contributed by atoms with van der Waals surface area (Å²) in [5, 5.41) is 4.18. The van der Waals surface area contributed by atoms with Gasteiger partial charge in [-0.15, -0.1) is 0 Å². The number of rotatable bonds is 5. The summed E-state index contributed by atoms with van der Waals surface area (Å²) in [6.45, 7) is 3.70. The number of hydrogen-bond donors (Lipinski definition) is 0. The molecular weight excluding hydrogens is 358 g/mol. The van der Waals surface area contributed by atoms with Crippen molar-refractivity contribution in [2.24, 2.45) is 5.92 Å². The van der Waals surface area contributed by atoms with Crippen LogP contribution in [0.15, 0.2) is 31.4 Å². The Bertz CT molecular complexity index is 811. The Morgan fingerprint density at radius 3 is 2.71 bits per heavy atom. The molecule has 0 bridgehead atoms. The Morgan fingerprint density at radius 2 is 2.00 bits per heavy atom. The summed E-state index contributed by atoms with van der Waals surface area (Å²) < 4.78 is 1.78. The molecule has 2 aromatic heterocycles. The Morgan fingerprint density at radius 1 is 1.18 bits per heavy atom. The number of aromatic nitrogens is 5. The van der Waals surface area contributed by atoms with Gasteiger partial charge in [0.05, 0.1) is 12.6 Å². The molecule has 0 radical (unpaired) electrons. The minimum Gasteiger partial charge on any atom is -0.342 e. The summed E-state index contributed by atoms with van der Waals surface area (Å²) >= 11 is 0. The van der Waals surface area contributed by atoms with Crippen LogP contribution in [0.5, 0.6) is 0 Å². The van der Waals surface area contributed by atoms with E-state index >= 15 is 0 Å². The zero-order valence-electron chi connectivity index (χ0n) is 16.0. The highest BCUT2D eigenvalue weighted by Gasteiger charge is 2.45. The van der Waals surface area contributed by atoms with Crippen molar-refractivity contribution in [2.75, 3.05) is 13.1 Å². The molecule has 2 saturated heterocycles. The maximum atomic E-state index is 12.7. The van der Waals surface area contributed by atoms with Gasteiger partial charge in [0.15, 0.2) is 0 Å². The summed E-state index contributed by atoms with van der Waals surface area (Å²) in [5.74, 6) is 0.577. The second kappa shape index (κ2) is 8.04. The fourth-order valence-corrected chi connectivity index (χ4v) is 4.64. The van der Waals surface area contributed by atoms with Crippen LogP contribution in [-0.4, -0.2) is 71.5 Å². The quantitative estimate of drug-likeness (QED) is 0.748. The highest BCUT2D eigenvalue weighted by molar-refractivity contribution is 5.77. The third-order valence-electron chi connectivity index (χ3n) is 5.84. The molecule has 2 fully saturated rings. The summed E-state index contributed by atoms with van der Waals surface area (Å²) in [5.41, 5.74) is 0.974. The van der Waals surface area contributed by atoms with Gasteiger partial charge in [0.25, 0.3) is 0 Å². The number of amides is 2. The van der Waals surface area contributed by atoms with Gasteiger partial charge in [0.2, 0.25) is 11.8 Å². The molecule has 9 heteroatoms. The minimum absolute atomic E-state index is 0.0986. The van der Waals surface area contributed by atoms with Crippen LogP contribution in [-0.2, 0) is 22.6 Å². The molecule has 0 saturated carbocycles. The first-order valence-electron chi connectivity index (χ1n) is 9.75. The van der Waals surface area contributed by atoms with Crippen LogP contribution in [0.1, 0.15) is 31.7 Å². The Labute approximate surface area is 163 Å². The third-order valence-corrected chi connectivity index (χ3v) is 5.84. The second-order valence-corrected chi connectivity index (χ2v) is 7.64. The third kappa shape index (κ3) is 3.88. The molecule has 0 spiro atoms. The number of nitrogens with zero attached hydrogens (tertiary/aromatic N) is 7. The number of piperidine rings is 1. The number of carbonyl (C=O) groups is 2. The molecule has 2 aliphatic rings. The van der Waals surface area contributed by atoms with E-state index in [0.717, 1.165) is 18.4 Å². The van der Waals surface area contributed by atoms with E-state index in [0.29, 0.717) is 38.4 Å². The van der Waals surface area contributed by atoms with E-state index in [1.165, 1.54) is 12.7 Å². The van der Waals surface area contributed by atoms with E-state index in [1.54, 1.807) is 30.3 Å². The van der Waals surface area contributed by atoms with Gasteiger partial charge in [-0.1, -0.05) is 0 Å². The number of hydrogen-bond acceptors (Lipinski definition) is 6. The number of carbonyl (C=O) groups excluding carboxylic acids is 2. The van der Waals surface area contributed by atoms with Crippen molar-refractivity contribution in [3.05, 3.63) is 36.9 Å². The van der Waals surface area contributed by atoms with Gasteiger partial charge in [-0.3, -0.25) is 14.3 Å². The summed E-state index contributed by atoms with van der Waals surface area (Å²) in [6.07, 6.45) is 11.0. The number of likely N-dealkylation sites (tertiary alicyclic amines) is 2. The maximum Gasteiger partial charge on any atom is 0.222 e. The van der Waals surface area contributed by atoms with E-state index in [1.807, 2.05) is 9.80 Å². The van der Waals surface area contributed by atoms with Crippen molar-refractivity contribution in [1.29, 1.82) is 0 Å². The lowest BCUT2D eigenvalue weighted by molar-refractivity contribution is -0.135. The monoisotopic (exact) mass is 383 g/mol. The lowest BCUT2D eigenvalue weighted by Gasteiger charge is -2.38. The lowest BCUT2D eigenvalue weighted by Crippen LogP contribution is -2.50. The van der Waals surface area contributed by atoms with Gasteiger partial charge in [0.1, 0.15) is 19.0 Å². The van der Waals surface area contributed by atoms with E-state index < -0.39 is 0 Å². The van der Waals surface area contributed by atoms with Crippen LogP contribution in [0.3, 0.4) is 0 Å². The van der Waals surface area contributed by atoms with Crippen molar-refractivity contribution < 1.29 is 9.59 Å². The van der Waals surface area contributed by atoms with Crippen molar-refractivity contribution >= 4 is 11.8 Å². The highest BCUT2D eigenvalue weighted by atomic mass is 16.2. The first-order chi connectivity index (χ1) is 13.6. The first kappa shape index (κ1) is 18.5. The Balaban J connectivity index is 1.37. The maximum absolute atomic E-state index is 12.7. The Hall–Kier alpha value is -2.84. The zero-order chi connectivity index (χ0) is 19.5. The van der Waals surface area contributed by atoms with Gasteiger partial charge >= 0.3 is 0 Å². The van der Waals surface area contributed by atoms with Crippen LogP contribution in [0.25, 0.3) is 0 Å². The number of aryl methyl sites for hydroxylation is 1. The lowest BCUT2D eigenvalue weighted by atomic mass is 9.91. The molecule has 2 aromatic rings. The first-order valence-corrected chi connectivity index (χ1v) is 9.75. The van der Waals surface area contributed by atoms with Gasteiger partial charge in [-0.2, -0.15) is 5.10 Å². The average molecular weight is 383 g/mol. The van der Waals surface area contributed by atoms with Gasteiger partial charge in [-0.25, -0.2) is 15.0 Å².